The van der Waals surface area contributed by atoms with Gasteiger partial charge in [0.2, 0.25) is 5.88 Å². The molecule has 20 heavy (non-hydrogen) atoms. The highest BCUT2D eigenvalue weighted by Gasteiger charge is 2.16. The van der Waals surface area contributed by atoms with Gasteiger partial charge in [0, 0.05) is 0 Å². The third kappa shape index (κ3) is 2.67. The molecular weight excluding hydrogens is 259 g/mol. The summed E-state index contributed by atoms with van der Waals surface area (Å²) in [7, 11) is 0. The second-order valence-corrected chi connectivity index (χ2v) is 4.49. The SMILES string of the molecule is CC(C)c1c(N)ncnc1Oc1ccc(C#N)cc1F. The van der Waals surface area contributed by atoms with Crippen molar-refractivity contribution in [3.63, 3.8) is 0 Å². The molecule has 1 heterocycles. The first-order valence-electron chi connectivity index (χ1n) is 6.00. The van der Waals surface area contributed by atoms with E-state index >= 15 is 0 Å². The maximum Gasteiger partial charge on any atom is 0.228 e. The molecule has 0 saturated heterocycles. The Balaban J connectivity index is 2.41. The molecule has 102 valence electrons. The van der Waals surface area contributed by atoms with Crippen LogP contribution in [0.1, 0.15) is 30.9 Å². The van der Waals surface area contributed by atoms with Crippen molar-refractivity contribution in [3.05, 3.63) is 41.5 Å². The summed E-state index contributed by atoms with van der Waals surface area (Å²) in [6.45, 7) is 3.83. The van der Waals surface area contributed by atoms with Crippen molar-refractivity contribution in [2.24, 2.45) is 0 Å². The van der Waals surface area contributed by atoms with Gasteiger partial charge >= 0.3 is 0 Å². The minimum absolute atomic E-state index is 0.0102. The zero-order valence-corrected chi connectivity index (χ0v) is 11.1. The summed E-state index contributed by atoms with van der Waals surface area (Å²) >= 11 is 0. The average Bonchev–Trinajstić information content (AvgIpc) is 2.40. The minimum Gasteiger partial charge on any atom is -0.435 e. The molecule has 1 aromatic carbocycles. The number of hydrogen-bond donors (Lipinski definition) is 1. The molecule has 0 amide bonds. The first kappa shape index (κ1) is 13.7. The average molecular weight is 272 g/mol. The lowest BCUT2D eigenvalue weighted by molar-refractivity contribution is 0.419. The molecule has 1 aromatic heterocycles. The molecule has 0 fully saturated rings. The predicted octanol–water partition coefficient (Wildman–Crippen LogP) is 2.99. The Morgan fingerprint density at radius 3 is 2.70 bits per heavy atom. The summed E-state index contributed by atoms with van der Waals surface area (Å²) in [5, 5.41) is 8.70. The lowest BCUT2D eigenvalue weighted by atomic mass is 10.1. The van der Waals surface area contributed by atoms with Crippen molar-refractivity contribution >= 4 is 5.82 Å². The van der Waals surface area contributed by atoms with Crippen LogP contribution in [0.3, 0.4) is 0 Å². The molecule has 0 saturated carbocycles. The molecule has 2 aromatic rings. The Kier molecular flexibility index (Phi) is 3.80. The van der Waals surface area contributed by atoms with E-state index in [4.69, 9.17) is 15.7 Å². The smallest absolute Gasteiger partial charge is 0.228 e. The number of aromatic nitrogens is 2. The molecular formula is C14H13FN4O. The molecule has 0 bridgehead atoms. The number of nitrogens with zero attached hydrogens (tertiary/aromatic N) is 3. The number of nitriles is 1. The van der Waals surface area contributed by atoms with Crippen LogP contribution in [-0.4, -0.2) is 9.97 Å². The van der Waals surface area contributed by atoms with Crippen LogP contribution in [-0.2, 0) is 0 Å². The highest BCUT2D eigenvalue weighted by Crippen LogP contribution is 2.32. The number of anilines is 1. The number of ether oxygens (including phenoxy) is 1. The molecule has 0 aliphatic heterocycles. The Labute approximate surface area is 115 Å². The van der Waals surface area contributed by atoms with Gasteiger partial charge in [0.25, 0.3) is 0 Å². The van der Waals surface area contributed by atoms with E-state index in [1.54, 1.807) is 0 Å². The van der Waals surface area contributed by atoms with E-state index < -0.39 is 5.82 Å². The van der Waals surface area contributed by atoms with E-state index in [9.17, 15) is 4.39 Å². The number of halogens is 1. The van der Waals surface area contributed by atoms with Gasteiger partial charge < -0.3 is 10.5 Å². The molecule has 0 atom stereocenters. The Hall–Kier alpha value is -2.68. The third-order valence-electron chi connectivity index (χ3n) is 2.72. The normalized spacial score (nSPS) is 10.3. The molecule has 0 unspecified atom stereocenters. The zero-order chi connectivity index (χ0) is 14.7. The molecule has 0 radical (unpaired) electrons. The van der Waals surface area contributed by atoms with Crippen LogP contribution >= 0.6 is 0 Å². The van der Waals surface area contributed by atoms with Crippen molar-refractivity contribution in [2.75, 3.05) is 5.73 Å². The topological polar surface area (TPSA) is 84.8 Å². The highest BCUT2D eigenvalue weighted by atomic mass is 19.1. The standard InChI is InChI=1S/C14H13FN4O/c1-8(2)12-13(17)18-7-19-14(12)20-11-4-3-9(6-16)5-10(11)15/h3-5,7-8H,1-2H3,(H2,17,18,19). The maximum atomic E-state index is 13.8. The van der Waals surface area contributed by atoms with Gasteiger partial charge in [0.05, 0.1) is 17.2 Å². The number of hydrogen-bond acceptors (Lipinski definition) is 5. The molecule has 0 aliphatic carbocycles. The Morgan fingerprint density at radius 1 is 1.35 bits per heavy atom. The van der Waals surface area contributed by atoms with Crippen LogP contribution in [0.5, 0.6) is 11.6 Å². The molecule has 5 nitrogen and oxygen atoms in total. The van der Waals surface area contributed by atoms with Crippen LogP contribution in [0.2, 0.25) is 0 Å². The number of rotatable bonds is 3. The number of nitrogen functional groups attached to an aromatic ring is 1. The number of benzene rings is 1. The summed E-state index contributed by atoms with van der Waals surface area (Å²) in [6.07, 6.45) is 1.26. The van der Waals surface area contributed by atoms with Gasteiger partial charge in [-0.3, -0.25) is 0 Å². The van der Waals surface area contributed by atoms with Crippen molar-refractivity contribution in [3.8, 4) is 17.7 Å². The molecule has 2 N–H and O–H groups in total. The van der Waals surface area contributed by atoms with Crippen LogP contribution in [0, 0.1) is 17.1 Å². The van der Waals surface area contributed by atoms with Gasteiger partial charge in [0.15, 0.2) is 11.6 Å². The van der Waals surface area contributed by atoms with Crippen molar-refractivity contribution < 1.29 is 9.13 Å². The molecule has 6 heteroatoms. The van der Waals surface area contributed by atoms with Crippen molar-refractivity contribution in [1.82, 2.24) is 9.97 Å². The van der Waals surface area contributed by atoms with E-state index in [1.165, 1.54) is 18.5 Å². The van der Waals surface area contributed by atoms with E-state index in [-0.39, 0.29) is 23.1 Å². The first-order valence-corrected chi connectivity index (χ1v) is 6.00. The van der Waals surface area contributed by atoms with Crippen molar-refractivity contribution in [1.29, 1.82) is 5.26 Å². The van der Waals surface area contributed by atoms with Gasteiger partial charge in [-0.25, -0.2) is 14.4 Å². The molecule has 0 aliphatic rings. The third-order valence-corrected chi connectivity index (χ3v) is 2.72. The fourth-order valence-electron chi connectivity index (χ4n) is 1.77. The van der Waals surface area contributed by atoms with Crippen LogP contribution < -0.4 is 10.5 Å². The van der Waals surface area contributed by atoms with E-state index in [0.29, 0.717) is 11.4 Å². The van der Waals surface area contributed by atoms with Gasteiger partial charge in [-0.05, 0) is 24.1 Å². The lowest BCUT2D eigenvalue weighted by Crippen LogP contribution is -2.04. The van der Waals surface area contributed by atoms with Crippen molar-refractivity contribution in [2.45, 2.75) is 19.8 Å². The van der Waals surface area contributed by atoms with Crippen LogP contribution in [0.4, 0.5) is 10.2 Å². The van der Waals surface area contributed by atoms with Crippen LogP contribution in [0.25, 0.3) is 0 Å². The van der Waals surface area contributed by atoms with Crippen LogP contribution in [0.15, 0.2) is 24.5 Å². The van der Waals surface area contributed by atoms with E-state index in [0.717, 1.165) is 6.07 Å². The maximum absolute atomic E-state index is 13.8. The predicted molar refractivity (Wildman–Crippen MR) is 71.7 cm³/mol. The summed E-state index contributed by atoms with van der Waals surface area (Å²) in [5.74, 6) is -0.0808. The lowest BCUT2D eigenvalue weighted by Gasteiger charge is -2.14. The number of nitrogens with two attached hydrogens (primary N) is 1. The fourth-order valence-corrected chi connectivity index (χ4v) is 1.77. The zero-order valence-electron chi connectivity index (χ0n) is 11.1. The summed E-state index contributed by atoms with van der Waals surface area (Å²) in [5.41, 5.74) is 6.64. The second-order valence-electron chi connectivity index (χ2n) is 4.49. The summed E-state index contributed by atoms with van der Waals surface area (Å²) in [6, 6.07) is 5.82. The second kappa shape index (κ2) is 5.53. The minimum atomic E-state index is -0.629. The summed E-state index contributed by atoms with van der Waals surface area (Å²) < 4.78 is 19.3. The largest absolute Gasteiger partial charge is 0.435 e. The Bertz CT molecular complexity index is 679. The van der Waals surface area contributed by atoms with Gasteiger partial charge in [-0.15, -0.1) is 0 Å². The quantitative estimate of drug-likeness (QED) is 0.928. The highest BCUT2D eigenvalue weighted by molar-refractivity contribution is 5.48. The summed E-state index contributed by atoms with van der Waals surface area (Å²) in [4.78, 5) is 7.90. The van der Waals surface area contributed by atoms with E-state index in [2.05, 4.69) is 9.97 Å². The first-order chi connectivity index (χ1) is 9.52. The monoisotopic (exact) mass is 272 g/mol. The molecule has 2 rings (SSSR count). The van der Waals surface area contributed by atoms with Gasteiger partial charge in [-0.2, -0.15) is 5.26 Å². The van der Waals surface area contributed by atoms with Gasteiger partial charge in [0.1, 0.15) is 12.1 Å². The molecule has 0 spiro atoms. The Morgan fingerprint density at radius 2 is 2.10 bits per heavy atom. The van der Waals surface area contributed by atoms with Gasteiger partial charge in [-0.1, -0.05) is 13.8 Å². The van der Waals surface area contributed by atoms with E-state index in [1.807, 2.05) is 19.9 Å². The fraction of sp³-hybridized carbons (Fsp3) is 0.214.